The molecule has 0 aromatic carbocycles. The number of hydrogen-bond acceptors (Lipinski definition) is 7. The second-order valence-electron chi connectivity index (χ2n) is 5.43. The third kappa shape index (κ3) is 3.78. The highest BCUT2D eigenvalue weighted by Gasteiger charge is 2.25. The number of nitrogens with zero attached hydrogens (tertiary/aromatic N) is 5. The van der Waals surface area contributed by atoms with Crippen molar-refractivity contribution < 1.29 is 4.79 Å². The summed E-state index contributed by atoms with van der Waals surface area (Å²) in [7, 11) is 0. The predicted molar refractivity (Wildman–Crippen MR) is 85.0 cm³/mol. The normalized spacial score (nSPS) is 17.8. The van der Waals surface area contributed by atoms with E-state index in [0.717, 1.165) is 25.1 Å². The minimum absolute atomic E-state index is 0.0171. The van der Waals surface area contributed by atoms with Crippen LogP contribution in [0.5, 0.6) is 0 Å². The van der Waals surface area contributed by atoms with Crippen LogP contribution in [-0.2, 0) is 4.79 Å². The average Bonchev–Trinajstić information content (AvgIpc) is 2.62. The van der Waals surface area contributed by atoms with E-state index in [9.17, 15) is 4.79 Å². The number of nitrogens with one attached hydrogen (secondary N) is 1. The van der Waals surface area contributed by atoms with E-state index in [0.29, 0.717) is 18.2 Å². The second-order valence-corrected chi connectivity index (χ2v) is 5.43. The molecule has 8 nitrogen and oxygen atoms in total. The van der Waals surface area contributed by atoms with Gasteiger partial charge in [-0.1, -0.05) is 0 Å². The van der Waals surface area contributed by atoms with E-state index in [1.807, 2.05) is 0 Å². The first-order valence-corrected chi connectivity index (χ1v) is 7.59. The highest BCUT2D eigenvalue weighted by Crippen LogP contribution is 2.26. The molecule has 1 aliphatic rings. The van der Waals surface area contributed by atoms with Gasteiger partial charge in [-0.3, -0.25) is 14.8 Å². The number of amides is 1. The highest BCUT2D eigenvalue weighted by atomic mass is 16.2. The summed E-state index contributed by atoms with van der Waals surface area (Å²) in [6, 6.07) is 0. The maximum atomic E-state index is 11.8. The van der Waals surface area contributed by atoms with Crippen molar-refractivity contribution in [2.24, 2.45) is 5.73 Å². The molecule has 23 heavy (non-hydrogen) atoms. The van der Waals surface area contributed by atoms with Crippen molar-refractivity contribution in [1.82, 2.24) is 24.8 Å². The molecule has 1 fully saturated rings. The summed E-state index contributed by atoms with van der Waals surface area (Å²) in [5.74, 6) is 1.39. The fourth-order valence-corrected chi connectivity index (χ4v) is 2.71. The summed E-state index contributed by atoms with van der Waals surface area (Å²) >= 11 is 0. The Kier molecular flexibility index (Phi) is 4.72. The Morgan fingerprint density at radius 3 is 2.91 bits per heavy atom. The predicted octanol–water partition coefficient (Wildman–Crippen LogP) is 0.675. The molecule has 1 amide bonds. The fraction of sp³-hybridized carbons (Fsp3) is 0.400. The third-order valence-corrected chi connectivity index (χ3v) is 3.84. The number of nitrogens with two attached hydrogens (primary N) is 1. The van der Waals surface area contributed by atoms with Crippen LogP contribution >= 0.6 is 0 Å². The second kappa shape index (κ2) is 7.10. The molecule has 1 saturated heterocycles. The van der Waals surface area contributed by atoms with Gasteiger partial charge in [0.15, 0.2) is 0 Å². The lowest BCUT2D eigenvalue weighted by Crippen LogP contribution is -2.42. The number of carbonyl (C=O) groups is 1. The van der Waals surface area contributed by atoms with Gasteiger partial charge in [-0.25, -0.2) is 9.97 Å². The Morgan fingerprint density at radius 2 is 2.13 bits per heavy atom. The standard InChI is InChI=1S/C15H19N7O/c16-6-15(23)22-5-1-2-11(10-22)12-7-18-9-14(20-12)21-13-8-17-3-4-19-13/h3-4,7-9,11H,1-2,5-6,10,16H2,(H,19,20,21)/t11-/m0/s1. The minimum Gasteiger partial charge on any atom is -0.341 e. The van der Waals surface area contributed by atoms with Crippen molar-refractivity contribution in [2.45, 2.75) is 18.8 Å². The lowest BCUT2D eigenvalue weighted by atomic mass is 9.95. The van der Waals surface area contributed by atoms with E-state index in [4.69, 9.17) is 5.73 Å². The molecule has 0 bridgehead atoms. The van der Waals surface area contributed by atoms with Gasteiger partial charge in [0.25, 0.3) is 0 Å². The Hall–Kier alpha value is -2.61. The van der Waals surface area contributed by atoms with Crippen molar-refractivity contribution in [2.75, 3.05) is 25.0 Å². The van der Waals surface area contributed by atoms with Crippen molar-refractivity contribution in [1.29, 1.82) is 0 Å². The van der Waals surface area contributed by atoms with Crippen LogP contribution < -0.4 is 11.1 Å². The summed E-state index contributed by atoms with van der Waals surface area (Å²) in [5.41, 5.74) is 6.32. The number of anilines is 2. The molecule has 0 radical (unpaired) electrons. The maximum Gasteiger partial charge on any atom is 0.236 e. The Morgan fingerprint density at radius 1 is 1.26 bits per heavy atom. The number of aromatic nitrogens is 4. The van der Waals surface area contributed by atoms with Crippen LogP contribution in [0.15, 0.2) is 31.0 Å². The van der Waals surface area contributed by atoms with Crippen LogP contribution in [0.2, 0.25) is 0 Å². The van der Waals surface area contributed by atoms with Gasteiger partial charge in [0.2, 0.25) is 5.91 Å². The van der Waals surface area contributed by atoms with Gasteiger partial charge in [0.05, 0.1) is 24.6 Å². The number of likely N-dealkylation sites (tertiary alicyclic amines) is 1. The summed E-state index contributed by atoms with van der Waals surface area (Å²) in [6.07, 6.45) is 10.2. The van der Waals surface area contributed by atoms with E-state index in [2.05, 4.69) is 25.3 Å². The Balaban J connectivity index is 1.73. The van der Waals surface area contributed by atoms with Crippen molar-refractivity contribution in [3.63, 3.8) is 0 Å². The molecule has 3 rings (SSSR count). The average molecular weight is 313 g/mol. The van der Waals surface area contributed by atoms with E-state index in [-0.39, 0.29) is 18.4 Å². The zero-order valence-corrected chi connectivity index (χ0v) is 12.7. The van der Waals surface area contributed by atoms with Gasteiger partial charge < -0.3 is 16.0 Å². The zero-order valence-electron chi connectivity index (χ0n) is 12.7. The van der Waals surface area contributed by atoms with E-state index in [1.54, 1.807) is 35.9 Å². The van der Waals surface area contributed by atoms with Crippen LogP contribution in [0.3, 0.4) is 0 Å². The summed E-state index contributed by atoms with van der Waals surface area (Å²) in [5, 5.41) is 3.08. The molecule has 3 heterocycles. The first-order chi connectivity index (χ1) is 11.3. The van der Waals surface area contributed by atoms with Gasteiger partial charge in [-0.05, 0) is 12.8 Å². The molecule has 0 aliphatic carbocycles. The highest BCUT2D eigenvalue weighted by molar-refractivity contribution is 5.78. The summed E-state index contributed by atoms with van der Waals surface area (Å²) in [4.78, 5) is 30.6. The van der Waals surface area contributed by atoms with Crippen LogP contribution in [0.25, 0.3) is 0 Å². The number of piperidine rings is 1. The van der Waals surface area contributed by atoms with Crippen LogP contribution in [-0.4, -0.2) is 50.4 Å². The molecule has 0 spiro atoms. The van der Waals surface area contributed by atoms with E-state index < -0.39 is 0 Å². The van der Waals surface area contributed by atoms with Gasteiger partial charge in [0, 0.05) is 37.6 Å². The van der Waals surface area contributed by atoms with Gasteiger partial charge >= 0.3 is 0 Å². The third-order valence-electron chi connectivity index (χ3n) is 3.84. The first-order valence-electron chi connectivity index (χ1n) is 7.59. The molecule has 3 N–H and O–H groups in total. The molecular formula is C15H19N7O. The first kappa shape index (κ1) is 15.3. The van der Waals surface area contributed by atoms with Crippen LogP contribution in [0, 0.1) is 0 Å². The quantitative estimate of drug-likeness (QED) is 0.853. The molecule has 1 atom stereocenters. The van der Waals surface area contributed by atoms with Crippen molar-refractivity contribution >= 4 is 17.5 Å². The SMILES string of the molecule is NCC(=O)N1CCC[C@H](c2cncc(Nc3cnccn3)n2)C1. The Bertz CT molecular complexity index is 664. The molecular weight excluding hydrogens is 294 g/mol. The molecule has 8 heteroatoms. The summed E-state index contributed by atoms with van der Waals surface area (Å²) in [6.45, 7) is 1.45. The number of rotatable bonds is 4. The number of carbonyl (C=O) groups excluding carboxylic acids is 1. The number of hydrogen-bond donors (Lipinski definition) is 2. The molecule has 0 unspecified atom stereocenters. The smallest absolute Gasteiger partial charge is 0.236 e. The molecule has 120 valence electrons. The molecule has 0 saturated carbocycles. The largest absolute Gasteiger partial charge is 0.341 e. The molecule has 2 aromatic heterocycles. The van der Waals surface area contributed by atoms with Gasteiger partial charge in [-0.2, -0.15) is 0 Å². The van der Waals surface area contributed by atoms with E-state index >= 15 is 0 Å². The van der Waals surface area contributed by atoms with E-state index in [1.165, 1.54) is 0 Å². The van der Waals surface area contributed by atoms with Gasteiger partial charge in [0.1, 0.15) is 11.6 Å². The van der Waals surface area contributed by atoms with Gasteiger partial charge in [-0.15, -0.1) is 0 Å². The van der Waals surface area contributed by atoms with Crippen LogP contribution in [0.1, 0.15) is 24.5 Å². The lowest BCUT2D eigenvalue weighted by Gasteiger charge is -2.32. The summed E-state index contributed by atoms with van der Waals surface area (Å²) < 4.78 is 0. The fourth-order valence-electron chi connectivity index (χ4n) is 2.71. The topological polar surface area (TPSA) is 110 Å². The zero-order chi connectivity index (χ0) is 16.1. The molecule has 1 aliphatic heterocycles. The lowest BCUT2D eigenvalue weighted by molar-refractivity contribution is -0.130. The van der Waals surface area contributed by atoms with Crippen molar-refractivity contribution in [3.05, 3.63) is 36.7 Å². The van der Waals surface area contributed by atoms with Crippen LogP contribution in [0.4, 0.5) is 11.6 Å². The minimum atomic E-state index is -0.0171. The van der Waals surface area contributed by atoms with Crippen molar-refractivity contribution in [3.8, 4) is 0 Å². The monoisotopic (exact) mass is 313 g/mol. The molecule has 2 aromatic rings. The maximum absolute atomic E-state index is 11.8. The Labute approximate surface area is 134 Å².